The minimum Gasteiger partial charge on any atom is -0.356 e. The first kappa shape index (κ1) is 15.6. The molecule has 0 amide bonds. The van der Waals surface area contributed by atoms with Crippen molar-refractivity contribution in [2.75, 3.05) is 26.2 Å². The summed E-state index contributed by atoms with van der Waals surface area (Å²) in [5.41, 5.74) is 0. The van der Waals surface area contributed by atoms with Gasteiger partial charge in [0.25, 0.3) is 0 Å². The van der Waals surface area contributed by atoms with E-state index in [-0.39, 0.29) is 0 Å². The van der Waals surface area contributed by atoms with Crippen molar-refractivity contribution in [1.82, 2.24) is 21.3 Å². The second-order valence-electron chi connectivity index (χ2n) is 5.27. The molecule has 0 aromatic carbocycles. The van der Waals surface area contributed by atoms with Crippen LogP contribution in [0.5, 0.6) is 0 Å². The second kappa shape index (κ2) is 8.61. The Morgan fingerprint density at radius 1 is 0.842 bits per heavy atom. The first-order valence-electron chi connectivity index (χ1n) is 7.17. The van der Waals surface area contributed by atoms with E-state index in [1.807, 2.05) is 0 Å². The van der Waals surface area contributed by atoms with Gasteiger partial charge in [-0.05, 0) is 34.1 Å². The molecule has 2 rings (SSSR count). The van der Waals surface area contributed by atoms with Crippen LogP contribution in [-0.2, 0) is 0 Å². The largest absolute Gasteiger partial charge is 0.356 e. The fourth-order valence-electron chi connectivity index (χ4n) is 1.67. The van der Waals surface area contributed by atoms with Gasteiger partial charge >= 0.3 is 0 Å². The summed E-state index contributed by atoms with van der Waals surface area (Å²) in [6.07, 6.45) is 1.16. The molecule has 110 valence electrons. The van der Waals surface area contributed by atoms with Gasteiger partial charge in [0.1, 0.15) is 0 Å². The lowest BCUT2D eigenvalue weighted by Gasteiger charge is -2.17. The minimum absolute atomic E-state index is 0.476. The summed E-state index contributed by atoms with van der Waals surface area (Å²) < 4.78 is 0. The average molecular weight is 268 g/mol. The number of guanidine groups is 2. The smallest absolute Gasteiger partial charge is 0.191 e. The lowest BCUT2D eigenvalue weighted by atomic mass is 10.3. The molecule has 0 saturated carbocycles. The molecule has 4 N–H and O–H groups in total. The Morgan fingerprint density at radius 3 is 1.74 bits per heavy atom. The van der Waals surface area contributed by atoms with Gasteiger partial charge in [-0.25, -0.2) is 0 Å². The number of hydrogen-bond donors (Lipinski definition) is 4. The second-order valence-corrected chi connectivity index (χ2v) is 5.27. The third-order valence-electron chi connectivity index (χ3n) is 2.42. The first-order chi connectivity index (χ1) is 9.08. The lowest BCUT2D eigenvalue weighted by Crippen LogP contribution is -2.43. The monoisotopic (exact) mass is 268 g/mol. The van der Waals surface area contributed by atoms with Gasteiger partial charge in [-0.15, -0.1) is 0 Å². The molecular weight excluding hydrogens is 240 g/mol. The molecule has 6 nitrogen and oxygen atoms in total. The summed E-state index contributed by atoms with van der Waals surface area (Å²) >= 11 is 0. The van der Waals surface area contributed by atoms with Crippen LogP contribution in [0.3, 0.4) is 0 Å². The van der Waals surface area contributed by atoms with Crippen LogP contribution >= 0.6 is 0 Å². The SMILES string of the molecule is CC(C)NC1=NCCCN1.CC(C)NC1=NCCN1. The molecule has 2 aliphatic heterocycles. The molecule has 0 spiro atoms. The summed E-state index contributed by atoms with van der Waals surface area (Å²) in [6.45, 7) is 12.3. The topological polar surface area (TPSA) is 72.8 Å². The molecule has 0 atom stereocenters. The molecule has 2 aliphatic rings. The van der Waals surface area contributed by atoms with Crippen molar-refractivity contribution >= 4 is 11.9 Å². The molecule has 0 saturated heterocycles. The minimum atomic E-state index is 0.476. The Hall–Kier alpha value is -1.46. The number of nitrogens with zero attached hydrogens (tertiary/aromatic N) is 2. The summed E-state index contributed by atoms with van der Waals surface area (Å²) in [6, 6.07) is 0.957. The summed E-state index contributed by atoms with van der Waals surface area (Å²) in [5.74, 6) is 1.91. The maximum Gasteiger partial charge on any atom is 0.191 e. The van der Waals surface area contributed by atoms with Gasteiger partial charge < -0.3 is 21.3 Å². The van der Waals surface area contributed by atoms with Gasteiger partial charge in [0.15, 0.2) is 11.9 Å². The fraction of sp³-hybridized carbons (Fsp3) is 0.846. The fourth-order valence-corrected chi connectivity index (χ4v) is 1.67. The van der Waals surface area contributed by atoms with Crippen molar-refractivity contribution in [3.05, 3.63) is 0 Å². The Bertz CT molecular complexity index is 308. The van der Waals surface area contributed by atoms with E-state index in [9.17, 15) is 0 Å². The van der Waals surface area contributed by atoms with Crippen LogP contribution in [0.25, 0.3) is 0 Å². The number of aliphatic imine (C=N–C) groups is 2. The van der Waals surface area contributed by atoms with Gasteiger partial charge in [0.05, 0.1) is 6.54 Å². The van der Waals surface area contributed by atoms with Crippen molar-refractivity contribution in [1.29, 1.82) is 0 Å². The normalized spacial score (nSPS) is 17.8. The van der Waals surface area contributed by atoms with Crippen LogP contribution < -0.4 is 21.3 Å². The zero-order valence-electron chi connectivity index (χ0n) is 12.6. The van der Waals surface area contributed by atoms with Crippen LogP contribution in [0.4, 0.5) is 0 Å². The van der Waals surface area contributed by atoms with Crippen LogP contribution in [0.15, 0.2) is 9.98 Å². The molecule has 0 aromatic heterocycles. The standard InChI is InChI=1S/C7H15N3.C6H13N3/c1-6(2)10-7-8-4-3-5-9-7;1-5(2)9-6-7-3-4-8-6/h6H,3-5H2,1-2H3,(H2,8,9,10);5H,3-4H2,1-2H3,(H2,7,8,9). The van der Waals surface area contributed by atoms with Gasteiger partial charge in [0, 0.05) is 31.7 Å². The predicted octanol–water partition coefficient (Wildman–Crippen LogP) is 0.277. The van der Waals surface area contributed by atoms with Crippen LogP contribution in [0.1, 0.15) is 34.1 Å². The first-order valence-corrected chi connectivity index (χ1v) is 7.17. The highest BCUT2D eigenvalue weighted by Crippen LogP contribution is 1.88. The number of hydrogen-bond acceptors (Lipinski definition) is 6. The van der Waals surface area contributed by atoms with E-state index in [0.717, 1.165) is 44.5 Å². The van der Waals surface area contributed by atoms with Crippen molar-refractivity contribution < 1.29 is 0 Å². The van der Waals surface area contributed by atoms with Gasteiger partial charge in [-0.2, -0.15) is 0 Å². The highest BCUT2D eigenvalue weighted by atomic mass is 15.2. The Balaban J connectivity index is 0.000000191. The predicted molar refractivity (Wildman–Crippen MR) is 81.8 cm³/mol. The Labute approximate surface area is 116 Å². The molecule has 0 aliphatic carbocycles. The van der Waals surface area contributed by atoms with Gasteiger partial charge in [-0.3, -0.25) is 9.98 Å². The molecule has 0 bridgehead atoms. The highest BCUT2D eigenvalue weighted by molar-refractivity contribution is 5.81. The third-order valence-corrected chi connectivity index (χ3v) is 2.42. The van der Waals surface area contributed by atoms with Crippen molar-refractivity contribution in [2.24, 2.45) is 9.98 Å². The molecule has 6 heteroatoms. The molecule has 0 radical (unpaired) electrons. The molecule has 0 fully saturated rings. The van der Waals surface area contributed by atoms with Crippen molar-refractivity contribution in [3.63, 3.8) is 0 Å². The van der Waals surface area contributed by atoms with E-state index in [1.165, 1.54) is 0 Å². The average Bonchev–Trinajstić information content (AvgIpc) is 2.82. The maximum atomic E-state index is 4.26. The number of rotatable bonds is 2. The van der Waals surface area contributed by atoms with Crippen LogP contribution in [-0.4, -0.2) is 50.2 Å². The molecule has 19 heavy (non-hydrogen) atoms. The molecule has 0 aromatic rings. The summed E-state index contributed by atoms with van der Waals surface area (Å²) in [4.78, 5) is 8.43. The van der Waals surface area contributed by atoms with E-state index in [2.05, 4.69) is 58.9 Å². The van der Waals surface area contributed by atoms with E-state index in [1.54, 1.807) is 0 Å². The Kier molecular flexibility index (Phi) is 7.07. The van der Waals surface area contributed by atoms with Crippen LogP contribution in [0, 0.1) is 0 Å². The molecule has 0 unspecified atom stereocenters. The van der Waals surface area contributed by atoms with Gasteiger partial charge in [-0.1, -0.05) is 0 Å². The van der Waals surface area contributed by atoms with E-state index in [0.29, 0.717) is 12.1 Å². The third kappa shape index (κ3) is 7.54. The summed E-state index contributed by atoms with van der Waals surface area (Å²) in [7, 11) is 0. The zero-order valence-corrected chi connectivity index (χ0v) is 12.6. The zero-order chi connectivity index (χ0) is 14.1. The Morgan fingerprint density at radius 2 is 1.37 bits per heavy atom. The lowest BCUT2D eigenvalue weighted by molar-refractivity contribution is 0.657. The quantitative estimate of drug-likeness (QED) is 0.580. The van der Waals surface area contributed by atoms with Crippen molar-refractivity contribution in [3.8, 4) is 0 Å². The highest BCUT2D eigenvalue weighted by Gasteiger charge is 2.04. The molecule has 2 heterocycles. The maximum absolute atomic E-state index is 4.26. The van der Waals surface area contributed by atoms with E-state index < -0.39 is 0 Å². The van der Waals surface area contributed by atoms with E-state index >= 15 is 0 Å². The van der Waals surface area contributed by atoms with Crippen molar-refractivity contribution in [2.45, 2.75) is 46.2 Å². The van der Waals surface area contributed by atoms with Gasteiger partial charge in [0.2, 0.25) is 0 Å². The molecular formula is C13H28N6. The van der Waals surface area contributed by atoms with Crippen LogP contribution in [0.2, 0.25) is 0 Å². The van der Waals surface area contributed by atoms with E-state index in [4.69, 9.17) is 0 Å². The number of nitrogens with one attached hydrogen (secondary N) is 4. The summed E-state index contributed by atoms with van der Waals surface area (Å²) in [5, 5.41) is 12.7.